The number of nitrogens with one attached hydrogen (secondary N) is 1. The molecular formula is C25H28FN5O. The maximum Gasteiger partial charge on any atom is 0.273 e. The molecule has 1 aliphatic carbocycles. The third kappa shape index (κ3) is 4.05. The Morgan fingerprint density at radius 1 is 1.16 bits per heavy atom. The number of hydrogen-bond acceptors (Lipinski definition) is 4. The maximum absolute atomic E-state index is 14.1. The van der Waals surface area contributed by atoms with Gasteiger partial charge in [0, 0.05) is 31.2 Å². The molecule has 0 radical (unpaired) electrons. The van der Waals surface area contributed by atoms with Crippen molar-refractivity contribution < 1.29 is 9.18 Å². The summed E-state index contributed by atoms with van der Waals surface area (Å²) >= 11 is 0. The number of amides is 1. The predicted molar refractivity (Wildman–Crippen MR) is 120 cm³/mol. The number of fused-ring (bicyclic) bond motifs is 1. The Balaban J connectivity index is 1.36. The van der Waals surface area contributed by atoms with Crippen LogP contribution in [-0.4, -0.2) is 38.4 Å². The van der Waals surface area contributed by atoms with Gasteiger partial charge in [-0.2, -0.15) is 0 Å². The van der Waals surface area contributed by atoms with Gasteiger partial charge in [-0.1, -0.05) is 48.4 Å². The molecule has 0 bridgehead atoms. The average Bonchev–Trinajstić information content (AvgIpc) is 3.44. The third-order valence-electron chi connectivity index (χ3n) is 6.70. The first-order chi connectivity index (χ1) is 15.6. The molecular weight excluding hydrogens is 405 g/mol. The first-order valence-corrected chi connectivity index (χ1v) is 11.4. The van der Waals surface area contributed by atoms with Crippen molar-refractivity contribution in [3.8, 4) is 5.69 Å². The number of carbonyl (C=O) groups is 1. The van der Waals surface area contributed by atoms with E-state index in [4.69, 9.17) is 0 Å². The molecule has 6 nitrogen and oxygen atoms in total. The lowest BCUT2D eigenvalue weighted by atomic mass is 9.97. The Labute approximate surface area is 187 Å². The highest BCUT2D eigenvalue weighted by Crippen LogP contribution is 2.27. The fraction of sp³-hybridized carbons (Fsp3) is 0.400. The van der Waals surface area contributed by atoms with E-state index in [0.29, 0.717) is 12.2 Å². The van der Waals surface area contributed by atoms with Gasteiger partial charge in [-0.15, -0.1) is 5.10 Å². The van der Waals surface area contributed by atoms with Crippen LogP contribution in [0.15, 0.2) is 42.5 Å². The van der Waals surface area contributed by atoms with E-state index < -0.39 is 0 Å². The van der Waals surface area contributed by atoms with Crippen LogP contribution in [0.3, 0.4) is 0 Å². The first-order valence-electron chi connectivity index (χ1n) is 11.4. The lowest BCUT2D eigenvalue weighted by Crippen LogP contribution is -2.33. The van der Waals surface area contributed by atoms with Gasteiger partial charge in [-0.25, -0.2) is 9.07 Å². The summed E-state index contributed by atoms with van der Waals surface area (Å²) < 4.78 is 15.9. The summed E-state index contributed by atoms with van der Waals surface area (Å²) in [6.07, 6.45) is 5.24. The normalized spacial score (nSPS) is 16.8. The molecule has 1 aromatic heterocycles. The van der Waals surface area contributed by atoms with Crippen molar-refractivity contribution in [2.45, 2.75) is 58.2 Å². The lowest BCUT2D eigenvalue weighted by Gasteiger charge is -2.30. The van der Waals surface area contributed by atoms with Gasteiger partial charge in [0.05, 0.1) is 11.4 Å². The predicted octanol–water partition coefficient (Wildman–Crippen LogP) is 3.95. The van der Waals surface area contributed by atoms with Crippen LogP contribution in [0, 0.1) is 12.7 Å². The van der Waals surface area contributed by atoms with E-state index in [1.165, 1.54) is 30.0 Å². The molecule has 166 valence electrons. The molecule has 0 atom stereocenters. The van der Waals surface area contributed by atoms with Crippen LogP contribution >= 0.6 is 0 Å². The molecule has 3 aromatic rings. The number of hydrogen-bond donors (Lipinski definition) is 1. The Kier molecular flexibility index (Phi) is 5.74. The summed E-state index contributed by atoms with van der Waals surface area (Å²) in [7, 11) is 0. The highest BCUT2D eigenvalue weighted by atomic mass is 19.1. The van der Waals surface area contributed by atoms with Crippen LogP contribution in [0.1, 0.15) is 58.6 Å². The zero-order chi connectivity index (χ0) is 22.1. The monoisotopic (exact) mass is 433 g/mol. The zero-order valence-corrected chi connectivity index (χ0v) is 18.4. The molecule has 32 heavy (non-hydrogen) atoms. The van der Waals surface area contributed by atoms with Gasteiger partial charge < -0.3 is 5.32 Å². The quantitative estimate of drug-likeness (QED) is 0.662. The summed E-state index contributed by atoms with van der Waals surface area (Å²) in [5.41, 5.74) is 5.26. The number of rotatable bonds is 5. The summed E-state index contributed by atoms with van der Waals surface area (Å²) in [6, 6.07) is 13.4. The minimum absolute atomic E-state index is 0.137. The van der Waals surface area contributed by atoms with Crippen LogP contribution in [0.25, 0.3) is 5.69 Å². The second kappa shape index (κ2) is 8.82. The molecule has 0 spiro atoms. The Morgan fingerprint density at radius 3 is 2.78 bits per heavy atom. The number of nitrogens with zero attached hydrogens (tertiary/aromatic N) is 4. The molecule has 1 fully saturated rings. The van der Waals surface area contributed by atoms with Crippen LogP contribution in [-0.2, 0) is 19.5 Å². The van der Waals surface area contributed by atoms with Gasteiger partial charge in [-0.05, 0) is 49.4 Å². The van der Waals surface area contributed by atoms with E-state index >= 15 is 0 Å². The molecule has 1 aliphatic heterocycles. The maximum atomic E-state index is 14.1. The summed E-state index contributed by atoms with van der Waals surface area (Å²) in [5.74, 6) is -0.296. The minimum Gasteiger partial charge on any atom is -0.348 e. The largest absolute Gasteiger partial charge is 0.348 e. The van der Waals surface area contributed by atoms with Gasteiger partial charge in [0.15, 0.2) is 5.69 Å². The van der Waals surface area contributed by atoms with Crippen molar-refractivity contribution in [1.29, 1.82) is 0 Å². The molecule has 2 heterocycles. The van der Waals surface area contributed by atoms with E-state index in [1.807, 2.05) is 31.2 Å². The van der Waals surface area contributed by atoms with Gasteiger partial charge in [-0.3, -0.25) is 9.69 Å². The van der Waals surface area contributed by atoms with E-state index in [-0.39, 0.29) is 17.8 Å². The average molecular weight is 434 g/mol. The number of halogens is 1. The van der Waals surface area contributed by atoms with Crippen molar-refractivity contribution in [3.05, 3.63) is 76.4 Å². The van der Waals surface area contributed by atoms with Gasteiger partial charge >= 0.3 is 0 Å². The van der Waals surface area contributed by atoms with Crippen molar-refractivity contribution >= 4 is 5.91 Å². The highest BCUT2D eigenvalue weighted by molar-refractivity contribution is 5.93. The Morgan fingerprint density at radius 2 is 1.97 bits per heavy atom. The molecule has 0 unspecified atom stereocenters. The first kappa shape index (κ1) is 20.8. The molecule has 1 amide bonds. The summed E-state index contributed by atoms with van der Waals surface area (Å²) in [5, 5.41) is 11.6. The standard InChI is InChI=1S/C25H28FN5O/c1-17-24(25(32)27-20-9-3-4-10-20)28-29-31(17)23-12-6-8-18-15-30(14-13-21(18)23)16-19-7-2-5-11-22(19)26/h2,5-8,11-12,20H,3-4,9-10,13-16H2,1H3,(H,27,32). The molecule has 1 N–H and O–H groups in total. The minimum atomic E-state index is -0.159. The molecule has 2 aromatic carbocycles. The Hall–Kier alpha value is -3.06. The zero-order valence-electron chi connectivity index (χ0n) is 18.4. The second-order valence-corrected chi connectivity index (χ2v) is 8.86. The van der Waals surface area contributed by atoms with E-state index in [1.54, 1.807) is 10.7 Å². The molecule has 7 heteroatoms. The Bertz CT molecular complexity index is 1140. The lowest BCUT2D eigenvalue weighted by molar-refractivity contribution is 0.0932. The van der Waals surface area contributed by atoms with Crippen molar-refractivity contribution in [2.75, 3.05) is 6.54 Å². The topological polar surface area (TPSA) is 63.1 Å². The van der Waals surface area contributed by atoms with Gasteiger partial charge in [0.25, 0.3) is 5.91 Å². The van der Waals surface area contributed by atoms with Crippen LogP contribution in [0.4, 0.5) is 4.39 Å². The number of benzene rings is 2. The fourth-order valence-corrected chi connectivity index (χ4v) is 4.94. The molecule has 0 saturated heterocycles. The highest BCUT2D eigenvalue weighted by Gasteiger charge is 2.25. The van der Waals surface area contributed by atoms with Crippen molar-refractivity contribution in [1.82, 2.24) is 25.2 Å². The van der Waals surface area contributed by atoms with Crippen LogP contribution in [0.5, 0.6) is 0 Å². The van der Waals surface area contributed by atoms with Crippen molar-refractivity contribution in [3.63, 3.8) is 0 Å². The SMILES string of the molecule is Cc1c(C(=O)NC2CCCC2)nnn1-c1cccc2c1CCN(Cc1ccccc1F)C2. The van der Waals surface area contributed by atoms with Gasteiger partial charge in [0.1, 0.15) is 5.82 Å². The van der Waals surface area contributed by atoms with Crippen LogP contribution in [0.2, 0.25) is 0 Å². The second-order valence-electron chi connectivity index (χ2n) is 8.86. The smallest absolute Gasteiger partial charge is 0.273 e. The van der Waals surface area contributed by atoms with Gasteiger partial charge in [0.2, 0.25) is 0 Å². The van der Waals surface area contributed by atoms with E-state index in [2.05, 4.69) is 26.6 Å². The summed E-state index contributed by atoms with van der Waals surface area (Å²) in [6.45, 7) is 4.07. The van der Waals surface area contributed by atoms with Crippen molar-refractivity contribution in [2.24, 2.45) is 0 Å². The third-order valence-corrected chi connectivity index (χ3v) is 6.70. The molecule has 5 rings (SSSR count). The molecule has 2 aliphatic rings. The van der Waals surface area contributed by atoms with E-state index in [0.717, 1.165) is 49.3 Å². The van der Waals surface area contributed by atoms with Crippen LogP contribution < -0.4 is 5.32 Å². The molecule has 1 saturated carbocycles. The summed E-state index contributed by atoms with van der Waals surface area (Å²) in [4.78, 5) is 15.0. The fourth-order valence-electron chi connectivity index (χ4n) is 4.94. The number of carbonyl (C=O) groups excluding carboxylic acids is 1. The number of aromatic nitrogens is 3. The van der Waals surface area contributed by atoms with E-state index in [9.17, 15) is 9.18 Å².